The maximum Gasteiger partial charge on any atom is 0.339 e. The van der Waals surface area contributed by atoms with E-state index in [0.29, 0.717) is 31.3 Å². The molecular weight excluding hydrogens is 234 g/mol. The highest BCUT2D eigenvalue weighted by molar-refractivity contribution is 5.88. The van der Waals surface area contributed by atoms with Crippen LogP contribution in [-0.4, -0.2) is 42.3 Å². The number of likely N-dealkylation sites (N-methyl/N-ethyl adjacent to an activating group) is 1. The number of carboxylic acid groups (broad SMARTS) is 1. The summed E-state index contributed by atoms with van der Waals surface area (Å²) in [6.07, 6.45) is 0. The maximum absolute atomic E-state index is 10.9. The van der Waals surface area contributed by atoms with Crippen LogP contribution >= 0.6 is 0 Å². The number of ether oxygens (including phenoxy) is 1. The van der Waals surface area contributed by atoms with E-state index in [4.69, 9.17) is 14.3 Å². The molecule has 1 heterocycles. The van der Waals surface area contributed by atoms with Crippen molar-refractivity contribution in [3.63, 3.8) is 0 Å². The van der Waals surface area contributed by atoms with Crippen LogP contribution in [0.3, 0.4) is 0 Å². The Morgan fingerprint density at radius 2 is 2.22 bits per heavy atom. The maximum atomic E-state index is 10.9. The van der Waals surface area contributed by atoms with Crippen molar-refractivity contribution in [2.75, 3.05) is 26.3 Å². The Labute approximate surface area is 107 Å². The van der Waals surface area contributed by atoms with Gasteiger partial charge in [-0.2, -0.15) is 0 Å². The van der Waals surface area contributed by atoms with Crippen molar-refractivity contribution in [3.8, 4) is 0 Å². The molecule has 0 aliphatic heterocycles. The average molecular weight is 255 g/mol. The van der Waals surface area contributed by atoms with Crippen molar-refractivity contribution in [3.05, 3.63) is 23.2 Å². The number of hydrogen-bond acceptors (Lipinski definition) is 4. The summed E-state index contributed by atoms with van der Waals surface area (Å²) in [4.78, 5) is 13.1. The van der Waals surface area contributed by atoms with Crippen LogP contribution in [0.5, 0.6) is 0 Å². The molecular formula is C13H21NO4. The second kappa shape index (κ2) is 7.18. The summed E-state index contributed by atoms with van der Waals surface area (Å²) in [5.74, 6) is 0.196. The van der Waals surface area contributed by atoms with Crippen LogP contribution in [0.25, 0.3) is 0 Å². The van der Waals surface area contributed by atoms with Gasteiger partial charge < -0.3 is 14.3 Å². The van der Waals surface area contributed by atoms with Crippen LogP contribution in [-0.2, 0) is 11.3 Å². The molecule has 18 heavy (non-hydrogen) atoms. The minimum Gasteiger partial charge on any atom is -0.478 e. The van der Waals surface area contributed by atoms with E-state index < -0.39 is 5.97 Å². The first-order valence-corrected chi connectivity index (χ1v) is 6.21. The zero-order chi connectivity index (χ0) is 13.5. The zero-order valence-electron chi connectivity index (χ0n) is 11.2. The third kappa shape index (κ3) is 4.16. The topological polar surface area (TPSA) is 62.9 Å². The third-order valence-electron chi connectivity index (χ3n) is 2.78. The molecule has 0 aliphatic rings. The zero-order valence-corrected chi connectivity index (χ0v) is 11.2. The fraction of sp³-hybridized carbons (Fsp3) is 0.615. The molecule has 5 heteroatoms. The Balaban J connectivity index is 2.58. The van der Waals surface area contributed by atoms with Gasteiger partial charge in [0.25, 0.3) is 0 Å². The summed E-state index contributed by atoms with van der Waals surface area (Å²) in [7, 11) is 0. The van der Waals surface area contributed by atoms with E-state index in [1.54, 1.807) is 13.0 Å². The van der Waals surface area contributed by atoms with E-state index in [9.17, 15) is 4.79 Å². The second-order valence-electron chi connectivity index (χ2n) is 4.05. The van der Waals surface area contributed by atoms with E-state index in [2.05, 4.69) is 11.8 Å². The highest BCUT2D eigenvalue weighted by Gasteiger charge is 2.15. The highest BCUT2D eigenvalue weighted by atomic mass is 16.5. The van der Waals surface area contributed by atoms with Gasteiger partial charge in [0, 0.05) is 13.2 Å². The molecule has 0 aromatic carbocycles. The van der Waals surface area contributed by atoms with Crippen molar-refractivity contribution >= 4 is 5.97 Å². The largest absolute Gasteiger partial charge is 0.478 e. The molecule has 102 valence electrons. The van der Waals surface area contributed by atoms with Gasteiger partial charge in [0.05, 0.1) is 13.2 Å². The molecule has 0 saturated carbocycles. The van der Waals surface area contributed by atoms with Gasteiger partial charge in [-0.3, -0.25) is 4.90 Å². The number of aryl methyl sites for hydroxylation is 1. The molecule has 0 fully saturated rings. The Morgan fingerprint density at radius 3 is 2.72 bits per heavy atom. The van der Waals surface area contributed by atoms with Crippen LogP contribution in [0.2, 0.25) is 0 Å². The van der Waals surface area contributed by atoms with Crippen LogP contribution in [0, 0.1) is 6.92 Å². The Morgan fingerprint density at radius 1 is 1.50 bits per heavy atom. The lowest BCUT2D eigenvalue weighted by atomic mass is 10.2. The van der Waals surface area contributed by atoms with Gasteiger partial charge in [-0.15, -0.1) is 0 Å². The minimum absolute atomic E-state index is 0.242. The average Bonchev–Trinajstić information content (AvgIpc) is 2.69. The number of rotatable bonds is 8. The minimum atomic E-state index is -0.945. The predicted octanol–water partition coefficient (Wildman–Crippen LogP) is 2.14. The lowest BCUT2D eigenvalue weighted by Crippen LogP contribution is -2.26. The van der Waals surface area contributed by atoms with Gasteiger partial charge in [-0.25, -0.2) is 4.79 Å². The van der Waals surface area contributed by atoms with Crippen molar-refractivity contribution in [2.24, 2.45) is 0 Å². The molecule has 1 N–H and O–H groups in total. The number of aromatic carboxylic acids is 1. The first-order chi connectivity index (χ1) is 8.58. The molecule has 1 rings (SSSR count). The monoisotopic (exact) mass is 255 g/mol. The summed E-state index contributed by atoms with van der Waals surface area (Å²) in [6.45, 7) is 9.37. The fourth-order valence-corrected chi connectivity index (χ4v) is 1.74. The number of furan rings is 1. The normalized spacial score (nSPS) is 11.1. The molecule has 0 aliphatic carbocycles. The molecule has 0 radical (unpaired) electrons. The molecule has 0 bridgehead atoms. The van der Waals surface area contributed by atoms with Crippen molar-refractivity contribution in [1.29, 1.82) is 0 Å². The summed E-state index contributed by atoms with van der Waals surface area (Å²) < 4.78 is 10.8. The van der Waals surface area contributed by atoms with Gasteiger partial charge in [0.15, 0.2) is 0 Å². The van der Waals surface area contributed by atoms with E-state index in [-0.39, 0.29) is 5.56 Å². The van der Waals surface area contributed by atoms with Crippen LogP contribution in [0.4, 0.5) is 0 Å². The second-order valence-corrected chi connectivity index (χ2v) is 4.05. The fourth-order valence-electron chi connectivity index (χ4n) is 1.74. The standard InChI is InChI=1S/C13H21NO4/c1-4-14(6-7-17-5-2)9-11-8-12(13(15)16)10(3)18-11/h8H,4-7,9H2,1-3H3,(H,15,16). The number of nitrogens with zero attached hydrogens (tertiary/aromatic N) is 1. The van der Waals surface area contributed by atoms with Gasteiger partial charge >= 0.3 is 5.97 Å². The molecule has 1 aromatic rings. The molecule has 0 unspecified atom stereocenters. The Kier molecular flexibility index (Phi) is 5.88. The SMILES string of the molecule is CCOCCN(CC)Cc1cc(C(=O)O)c(C)o1. The smallest absolute Gasteiger partial charge is 0.339 e. The van der Waals surface area contributed by atoms with E-state index in [1.165, 1.54) is 0 Å². The van der Waals surface area contributed by atoms with E-state index >= 15 is 0 Å². The van der Waals surface area contributed by atoms with Gasteiger partial charge in [-0.1, -0.05) is 6.92 Å². The predicted molar refractivity (Wildman–Crippen MR) is 67.8 cm³/mol. The Hall–Kier alpha value is -1.33. The molecule has 0 atom stereocenters. The molecule has 1 aromatic heterocycles. The van der Waals surface area contributed by atoms with Crippen LogP contribution in [0.1, 0.15) is 35.7 Å². The molecule has 0 spiro atoms. The van der Waals surface area contributed by atoms with Crippen LogP contribution in [0.15, 0.2) is 10.5 Å². The quantitative estimate of drug-likeness (QED) is 0.721. The van der Waals surface area contributed by atoms with Gasteiger partial charge in [0.2, 0.25) is 0 Å². The molecule has 0 saturated heterocycles. The van der Waals surface area contributed by atoms with Gasteiger partial charge in [-0.05, 0) is 26.5 Å². The summed E-state index contributed by atoms with van der Waals surface area (Å²) in [5.41, 5.74) is 0.242. The Bertz CT molecular complexity index is 386. The van der Waals surface area contributed by atoms with E-state index in [0.717, 1.165) is 13.1 Å². The lowest BCUT2D eigenvalue weighted by Gasteiger charge is -2.18. The number of carboxylic acids is 1. The summed E-state index contributed by atoms with van der Waals surface area (Å²) in [5, 5.41) is 8.95. The summed E-state index contributed by atoms with van der Waals surface area (Å²) in [6, 6.07) is 1.60. The van der Waals surface area contributed by atoms with E-state index in [1.807, 2.05) is 6.92 Å². The summed E-state index contributed by atoms with van der Waals surface area (Å²) >= 11 is 0. The van der Waals surface area contributed by atoms with Crippen LogP contribution < -0.4 is 0 Å². The van der Waals surface area contributed by atoms with Crippen molar-refractivity contribution < 1.29 is 19.1 Å². The number of carbonyl (C=O) groups is 1. The lowest BCUT2D eigenvalue weighted by molar-refractivity contribution is 0.0695. The van der Waals surface area contributed by atoms with Crippen molar-refractivity contribution in [1.82, 2.24) is 4.90 Å². The molecule has 0 amide bonds. The number of hydrogen-bond donors (Lipinski definition) is 1. The van der Waals surface area contributed by atoms with Crippen molar-refractivity contribution in [2.45, 2.75) is 27.3 Å². The van der Waals surface area contributed by atoms with Gasteiger partial charge in [0.1, 0.15) is 17.1 Å². The molecule has 5 nitrogen and oxygen atoms in total. The third-order valence-corrected chi connectivity index (χ3v) is 2.78. The first kappa shape index (κ1) is 14.7. The first-order valence-electron chi connectivity index (χ1n) is 6.21. The highest BCUT2D eigenvalue weighted by Crippen LogP contribution is 2.16.